The number of anilines is 1. The van der Waals surface area contributed by atoms with E-state index in [0.29, 0.717) is 0 Å². The van der Waals surface area contributed by atoms with Gasteiger partial charge in [-0.1, -0.05) is 28.1 Å². The minimum atomic E-state index is -0.341. The Morgan fingerprint density at radius 2 is 2.33 bits per heavy atom. The quantitative estimate of drug-likeness (QED) is 0.803. The van der Waals surface area contributed by atoms with E-state index in [9.17, 15) is 4.79 Å². The number of benzene rings is 1. The normalized spacial score (nSPS) is 12.1. The van der Waals surface area contributed by atoms with Crippen molar-refractivity contribution in [2.75, 3.05) is 5.73 Å². The number of H-pyrrole nitrogens is 1. The lowest BCUT2D eigenvalue weighted by atomic mass is 10.1. The van der Waals surface area contributed by atoms with Crippen LogP contribution in [0.25, 0.3) is 0 Å². The summed E-state index contributed by atoms with van der Waals surface area (Å²) in [6.45, 7) is 1.89. The minimum Gasteiger partial charge on any atom is -0.366 e. The molecule has 18 heavy (non-hydrogen) atoms. The molecule has 4 N–H and O–H groups in total. The van der Waals surface area contributed by atoms with Gasteiger partial charge in [0.25, 0.3) is 5.91 Å². The highest BCUT2D eigenvalue weighted by molar-refractivity contribution is 9.10. The fraction of sp³-hybridized carbons (Fsp3) is 0.182. The molecule has 0 saturated carbocycles. The number of aromatic nitrogens is 3. The van der Waals surface area contributed by atoms with Crippen LogP contribution in [0.4, 0.5) is 5.95 Å². The molecule has 1 atom stereocenters. The van der Waals surface area contributed by atoms with Crippen molar-refractivity contribution >= 4 is 27.8 Å². The summed E-state index contributed by atoms with van der Waals surface area (Å²) in [7, 11) is 0. The maximum atomic E-state index is 11.8. The predicted molar refractivity (Wildman–Crippen MR) is 70.8 cm³/mol. The van der Waals surface area contributed by atoms with Gasteiger partial charge < -0.3 is 11.1 Å². The van der Waals surface area contributed by atoms with Gasteiger partial charge in [-0.2, -0.15) is 4.98 Å². The van der Waals surface area contributed by atoms with Crippen LogP contribution < -0.4 is 11.1 Å². The summed E-state index contributed by atoms with van der Waals surface area (Å²) in [5.41, 5.74) is 6.33. The highest BCUT2D eigenvalue weighted by atomic mass is 79.9. The standard InChI is InChI=1S/C11H12BrN5O/c1-6(7-3-2-4-8(12)5-7)14-10(18)9-15-11(13)17-16-9/h2-6H,1H3,(H,14,18)(H3,13,15,16,17)/t6-/m1/s1. The zero-order chi connectivity index (χ0) is 13.1. The topological polar surface area (TPSA) is 96.7 Å². The fourth-order valence-corrected chi connectivity index (χ4v) is 1.92. The van der Waals surface area contributed by atoms with E-state index < -0.39 is 0 Å². The molecule has 2 aromatic rings. The predicted octanol–water partition coefficient (Wildman–Crippen LogP) is 1.64. The van der Waals surface area contributed by atoms with Crippen LogP contribution in [-0.4, -0.2) is 21.1 Å². The molecule has 7 heteroatoms. The van der Waals surface area contributed by atoms with Crippen molar-refractivity contribution in [3.63, 3.8) is 0 Å². The summed E-state index contributed by atoms with van der Waals surface area (Å²) < 4.78 is 0.963. The summed E-state index contributed by atoms with van der Waals surface area (Å²) in [6, 6.07) is 7.58. The first-order chi connectivity index (χ1) is 8.56. The Bertz CT molecular complexity index is 568. The number of halogens is 1. The molecule has 0 aliphatic rings. The fourth-order valence-electron chi connectivity index (χ4n) is 1.50. The van der Waals surface area contributed by atoms with Crippen molar-refractivity contribution in [3.8, 4) is 0 Å². The molecule has 1 heterocycles. The summed E-state index contributed by atoms with van der Waals surface area (Å²) in [5.74, 6) is -0.184. The van der Waals surface area contributed by atoms with E-state index >= 15 is 0 Å². The summed E-state index contributed by atoms with van der Waals surface area (Å²) in [5, 5.41) is 8.88. The minimum absolute atomic E-state index is 0.0512. The third-order valence-electron chi connectivity index (χ3n) is 2.41. The zero-order valence-electron chi connectivity index (χ0n) is 9.64. The molecule has 94 valence electrons. The molecule has 2 rings (SSSR count). The number of nitrogens with two attached hydrogens (primary N) is 1. The van der Waals surface area contributed by atoms with Gasteiger partial charge in [0.05, 0.1) is 6.04 Å². The second-order valence-corrected chi connectivity index (χ2v) is 4.71. The van der Waals surface area contributed by atoms with Gasteiger partial charge in [0.2, 0.25) is 11.8 Å². The third-order valence-corrected chi connectivity index (χ3v) is 2.91. The van der Waals surface area contributed by atoms with Crippen LogP contribution in [0.2, 0.25) is 0 Å². The number of carbonyl (C=O) groups excluding carboxylic acids is 1. The van der Waals surface area contributed by atoms with E-state index in [-0.39, 0.29) is 23.7 Å². The van der Waals surface area contributed by atoms with Crippen LogP contribution in [0.15, 0.2) is 28.7 Å². The lowest BCUT2D eigenvalue weighted by Crippen LogP contribution is -2.27. The molecule has 0 bridgehead atoms. The lowest BCUT2D eigenvalue weighted by Gasteiger charge is -2.13. The van der Waals surface area contributed by atoms with Crippen LogP contribution in [-0.2, 0) is 0 Å². The highest BCUT2D eigenvalue weighted by Gasteiger charge is 2.14. The molecule has 0 radical (unpaired) electrons. The number of carbonyl (C=O) groups is 1. The van der Waals surface area contributed by atoms with E-state index in [0.717, 1.165) is 10.0 Å². The van der Waals surface area contributed by atoms with Crippen LogP contribution in [0.5, 0.6) is 0 Å². The number of rotatable bonds is 3. The first kappa shape index (κ1) is 12.6. The van der Waals surface area contributed by atoms with Gasteiger partial charge in [-0.15, -0.1) is 5.10 Å². The second-order valence-electron chi connectivity index (χ2n) is 3.79. The lowest BCUT2D eigenvalue weighted by molar-refractivity contribution is 0.0930. The van der Waals surface area contributed by atoms with E-state index in [1.54, 1.807) is 0 Å². The molecule has 0 unspecified atom stereocenters. The van der Waals surface area contributed by atoms with Gasteiger partial charge in [-0.25, -0.2) is 0 Å². The number of amides is 1. The summed E-state index contributed by atoms with van der Waals surface area (Å²) in [6.07, 6.45) is 0. The van der Waals surface area contributed by atoms with E-state index in [4.69, 9.17) is 5.73 Å². The molecule has 1 amide bonds. The largest absolute Gasteiger partial charge is 0.366 e. The van der Waals surface area contributed by atoms with Crippen molar-refractivity contribution in [1.29, 1.82) is 0 Å². The second kappa shape index (κ2) is 5.18. The molecule has 0 fully saturated rings. The maximum absolute atomic E-state index is 11.8. The SMILES string of the molecule is C[C@@H](NC(=O)c1nc(N)n[nH]1)c1cccc(Br)c1. The number of aromatic amines is 1. The van der Waals surface area contributed by atoms with E-state index in [1.807, 2.05) is 31.2 Å². The first-order valence-electron chi connectivity index (χ1n) is 5.30. The van der Waals surface area contributed by atoms with Gasteiger partial charge in [0.15, 0.2) is 0 Å². The molecule has 6 nitrogen and oxygen atoms in total. The number of nitrogens with one attached hydrogen (secondary N) is 2. The molecular formula is C11H12BrN5O. The summed E-state index contributed by atoms with van der Waals surface area (Å²) in [4.78, 5) is 15.6. The van der Waals surface area contributed by atoms with Gasteiger partial charge in [-0.05, 0) is 24.6 Å². The Morgan fingerprint density at radius 3 is 2.94 bits per heavy atom. The number of nitrogens with zero attached hydrogens (tertiary/aromatic N) is 2. The molecule has 0 aliphatic heterocycles. The average molecular weight is 310 g/mol. The van der Waals surface area contributed by atoms with Crippen molar-refractivity contribution in [2.24, 2.45) is 0 Å². The van der Waals surface area contributed by atoms with Gasteiger partial charge in [0, 0.05) is 4.47 Å². The summed E-state index contributed by atoms with van der Waals surface area (Å²) >= 11 is 3.39. The molecular weight excluding hydrogens is 298 g/mol. The van der Waals surface area contributed by atoms with E-state index in [1.165, 1.54) is 0 Å². The van der Waals surface area contributed by atoms with Crippen LogP contribution in [0, 0.1) is 0 Å². The monoisotopic (exact) mass is 309 g/mol. The van der Waals surface area contributed by atoms with Crippen molar-refractivity contribution in [1.82, 2.24) is 20.5 Å². The van der Waals surface area contributed by atoms with Gasteiger partial charge in [-0.3, -0.25) is 9.89 Å². The maximum Gasteiger partial charge on any atom is 0.289 e. The molecule has 0 aliphatic carbocycles. The number of hydrogen-bond acceptors (Lipinski definition) is 4. The molecule has 0 spiro atoms. The van der Waals surface area contributed by atoms with Crippen molar-refractivity contribution in [2.45, 2.75) is 13.0 Å². The van der Waals surface area contributed by atoms with Gasteiger partial charge in [0.1, 0.15) is 0 Å². The van der Waals surface area contributed by atoms with Crippen LogP contribution in [0.1, 0.15) is 29.1 Å². The molecule has 1 aromatic carbocycles. The van der Waals surface area contributed by atoms with Gasteiger partial charge >= 0.3 is 0 Å². The Balaban J connectivity index is 2.07. The Hall–Kier alpha value is -1.89. The zero-order valence-corrected chi connectivity index (χ0v) is 11.2. The Labute approximate surface area is 112 Å². The smallest absolute Gasteiger partial charge is 0.289 e. The van der Waals surface area contributed by atoms with Crippen LogP contribution in [0.3, 0.4) is 0 Å². The first-order valence-corrected chi connectivity index (χ1v) is 6.10. The number of nitrogen functional groups attached to an aromatic ring is 1. The molecule has 0 saturated heterocycles. The highest BCUT2D eigenvalue weighted by Crippen LogP contribution is 2.17. The van der Waals surface area contributed by atoms with Crippen molar-refractivity contribution in [3.05, 3.63) is 40.1 Å². The average Bonchev–Trinajstić information content (AvgIpc) is 2.76. The number of hydrogen-bond donors (Lipinski definition) is 3. The molecule has 1 aromatic heterocycles. The van der Waals surface area contributed by atoms with Crippen molar-refractivity contribution < 1.29 is 4.79 Å². The Kier molecular flexibility index (Phi) is 3.61. The third kappa shape index (κ3) is 2.86. The van der Waals surface area contributed by atoms with Crippen LogP contribution >= 0.6 is 15.9 Å². The van der Waals surface area contributed by atoms with E-state index in [2.05, 4.69) is 36.4 Å². The Morgan fingerprint density at radius 1 is 1.56 bits per heavy atom.